The van der Waals surface area contributed by atoms with Gasteiger partial charge >= 0.3 is 5.97 Å². The van der Waals surface area contributed by atoms with Crippen molar-refractivity contribution in [1.29, 1.82) is 0 Å². The van der Waals surface area contributed by atoms with Gasteiger partial charge in [-0.15, -0.1) is 6.42 Å². The molecule has 0 aromatic heterocycles. The predicted octanol–water partition coefficient (Wildman–Crippen LogP) is 0.969. The summed E-state index contributed by atoms with van der Waals surface area (Å²) in [6, 6.07) is 0. The molecule has 1 unspecified atom stereocenters. The summed E-state index contributed by atoms with van der Waals surface area (Å²) in [5, 5.41) is 9.29. The van der Waals surface area contributed by atoms with E-state index < -0.39 is 11.4 Å². The molecule has 16 heavy (non-hydrogen) atoms. The molecule has 0 radical (unpaired) electrons. The molecule has 0 aromatic rings. The van der Waals surface area contributed by atoms with Crippen molar-refractivity contribution in [3.63, 3.8) is 0 Å². The molecule has 1 aliphatic rings. The Morgan fingerprint density at radius 1 is 1.56 bits per heavy atom. The lowest BCUT2D eigenvalue weighted by Crippen LogP contribution is -2.40. The summed E-state index contributed by atoms with van der Waals surface area (Å²) in [7, 11) is 0. The Bertz CT molecular complexity index is 343. The van der Waals surface area contributed by atoms with Gasteiger partial charge in [-0.05, 0) is 12.3 Å². The SMILES string of the molecule is C#CCC(=O)N1CCC(C(=O)O)(C(C)C)C1. The van der Waals surface area contributed by atoms with E-state index in [2.05, 4.69) is 5.92 Å². The summed E-state index contributed by atoms with van der Waals surface area (Å²) in [5.74, 6) is 1.33. The van der Waals surface area contributed by atoms with E-state index >= 15 is 0 Å². The van der Waals surface area contributed by atoms with E-state index in [1.54, 1.807) is 4.90 Å². The van der Waals surface area contributed by atoms with E-state index in [1.165, 1.54) is 0 Å². The van der Waals surface area contributed by atoms with Gasteiger partial charge < -0.3 is 10.0 Å². The van der Waals surface area contributed by atoms with Crippen molar-refractivity contribution in [2.24, 2.45) is 11.3 Å². The van der Waals surface area contributed by atoms with Crippen molar-refractivity contribution in [3.8, 4) is 12.3 Å². The van der Waals surface area contributed by atoms with Crippen molar-refractivity contribution in [2.75, 3.05) is 13.1 Å². The monoisotopic (exact) mass is 223 g/mol. The van der Waals surface area contributed by atoms with E-state index in [0.717, 1.165) is 0 Å². The van der Waals surface area contributed by atoms with Crippen LogP contribution in [0.2, 0.25) is 0 Å². The molecular formula is C12H17NO3. The Morgan fingerprint density at radius 3 is 2.56 bits per heavy atom. The van der Waals surface area contributed by atoms with E-state index in [0.29, 0.717) is 13.0 Å². The third-order valence-electron chi connectivity index (χ3n) is 3.44. The number of carbonyl (C=O) groups excluding carboxylic acids is 1. The minimum absolute atomic E-state index is 0.00800. The van der Waals surface area contributed by atoms with Gasteiger partial charge in [-0.2, -0.15) is 0 Å². The molecule has 0 bridgehead atoms. The van der Waals surface area contributed by atoms with Gasteiger partial charge in [0.15, 0.2) is 0 Å². The van der Waals surface area contributed by atoms with Gasteiger partial charge in [0, 0.05) is 13.1 Å². The summed E-state index contributed by atoms with van der Waals surface area (Å²) in [4.78, 5) is 24.4. The molecular weight excluding hydrogens is 206 g/mol. The normalized spacial score (nSPS) is 24.5. The van der Waals surface area contributed by atoms with E-state index in [9.17, 15) is 14.7 Å². The number of amides is 1. The number of likely N-dealkylation sites (tertiary alicyclic amines) is 1. The number of hydrogen-bond donors (Lipinski definition) is 1. The second-order valence-electron chi connectivity index (χ2n) is 4.56. The summed E-state index contributed by atoms with van der Waals surface area (Å²) in [6.45, 7) is 4.53. The van der Waals surface area contributed by atoms with E-state index in [-0.39, 0.29) is 24.8 Å². The largest absolute Gasteiger partial charge is 0.481 e. The first-order valence-corrected chi connectivity index (χ1v) is 5.38. The Hall–Kier alpha value is -1.50. The average Bonchev–Trinajstić information content (AvgIpc) is 2.63. The first-order valence-electron chi connectivity index (χ1n) is 5.38. The smallest absolute Gasteiger partial charge is 0.311 e. The standard InChI is InChI=1S/C12H17NO3/c1-4-5-10(14)13-7-6-12(8-13,9(2)3)11(15)16/h1,9H,5-8H2,2-3H3,(H,15,16). The van der Waals surface area contributed by atoms with Gasteiger partial charge in [0.2, 0.25) is 5.91 Å². The summed E-state index contributed by atoms with van der Waals surface area (Å²) in [5.41, 5.74) is -0.801. The van der Waals surface area contributed by atoms with E-state index in [1.807, 2.05) is 13.8 Å². The molecule has 0 spiro atoms. The van der Waals surface area contributed by atoms with Crippen LogP contribution in [0.3, 0.4) is 0 Å². The summed E-state index contributed by atoms with van der Waals surface area (Å²) >= 11 is 0. The molecule has 1 atom stereocenters. The molecule has 1 fully saturated rings. The van der Waals surface area contributed by atoms with Crippen LogP contribution >= 0.6 is 0 Å². The van der Waals surface area contributed by atoms with Crippen LogP contribution in [0.4, 0.5) is 0 Å². The second kappa shape index (κ2) is 4.56. The number of aliphatic carboxylic acids is 1. The average molecular weight is 223 g/mol. The molecule has 1 heterocycles. The van der Waals surface area contributed by atoms with Crippen molar-refractivity contribution in [2.45, 2.75) is 26.7 Å². The van der Waals surface area contributed by atoms with Crippen LogP contribution in [0.5, 0.6) is 0 Å². The number of carbonyl (C=O) groups is 2. The zero-order valence-electron chi connectivity index (χ0n) is 9.69. The van der Waals surface area contributed by atoms with Gasteiger partial charge in [0.25, 0.3) is 0 Å². The van der Waals surface area contributed by atoms with E-state index in [4.69, 9.17) is 6.42 Å². The molecule has 1 N–H and O–H groups in total. The topological polar surface area (TPSA) is 57.6 Å². The number of hydrogen-bond acceptors (Lipinski definition) is 2. The fourth-order valence-corrected chi connectivity index (χ4v) is 2.14. The Balaban J connectivity index is 2.80. The minimum atomic E-state index is -0.821. The van der Waals surface area contributed by atoms with Crippen LogP contribution in [0.25, 0.3) is 0 Å². The first-order chi connectivity index (χ1) is 7.44. The van der Waals surface area contributed by atoms with Gasteiger partial charge in [-0.25, -0.2) is 0 Å². The molecule has 4 heteroatoms. The van der Waals surface area contributed by atoms with Crippen LogP contribution < -0.4 is 0 Å². The van der Waals surface area contributed by atoms with Crippen LogP contribution in [0.1, 0.15) is 26.7 Å². The van der Waals surface area contributed by atoms with Gasteiger partial charge in [0.05, 0.1) is 11.8 Å². The van der Waals surface area contributed by atoms with Crippen LogP contribution in [0.15, 0.2) is 0 Å². The van der Waals surface area contributed by atoms with Crippen molar-refractivity contribution < 1.29 is 14.7 Å². The quantitative estimate of drug-likeness (QED) is 0.725. The molecule has 4 nitrogen and oxygen atoms in total. The number of rotatable bonds is 3. The van der Waals surface area contributed by atoms with Crippen molar-refractivity contribution in [3.05, 3.63) is 0 Å². The third kappa shape index (κ3) is 2.04. The molecule has 0 aliphatic carbocycles. The molecule has 1 amide bonds. The summed E-state index contributed by atoms with van der Waals surface area (Å²) in [6.07, 6.45) is 5.63. The third-order valence-corrected chi connectivity index (χ3v) is 3.44. The maximum absolute atomic E-state index is 11.6. The highest BCUT2D eigenvalue weighted by Crippen LogP contribution is 2.38. The maximum Gasteiger partial charge on any atom is 0.311 e. The number of terminal acetylenes is 1. The molecule has 1 rings (SSSR count). The molecule has 88 valence electrons. The zero-order valence-corrected chi connectivity index (χ0v) is 9.69. The maximum atomic E-state index is 11.6. The lowest BCUT2D eigenvalue weighted by molar-refractivity contribution is -0.151. The van der Waals surface area contributed by atoms with Crippen LogP contribution in [-0.2, 0) is 9.59 Å². The van der Waals surface area contributed by atoms with Gasteiger partial charge in [0.1, 0.15) is 0 Å². The highest BCUT2D eigenvalue weighted by molar-refractivity contribution is 5.82. The lowest BCUT2D eigenvalue weighted by Gasteiger charge is -2.28. The molecule has 1 aliphatic heterocycles. The number of carboxylic acids is 1. The first kappa shape index (κ1) is 12.6. The fraction of sp³-hybridized carbons (Fsp3) is 0.667. The van der Waals surface area contributed by atoms with Gasteiger partial charge in [-0.1, -0.05) is 19.8 Å². The summed E-state index contributed by atoms with van der Waals surface area (Å²) < 4.78 is 0. The fourth-order valence-electron chi connectivity index (χ4n) is 2.14. The predicted molar refractivity (Wildman–Crippen MR) is 59.6 cm³/mol. The Kier molecular flexibility index (Phi) is 3.58. The van der Waals surface area contributed by atoms with Gasteiger partial charge in [-0.3, -0.25) is 9.59 Å². The van der Waals surface area contributed by atoms with Crippen molar-refractivity contribution in [1.82, 2.24) is 4.90 Å². The highest BCUT2D eigenvalue weighted by Gasteiger charge is 2.48. The van der Waals surface area contributed by atoms with Crippen LogP contribution in [0, 0.1) is 23.7 Å². The van der Waals surface area contributed by atoms with Crippen LogP contribution in [-0.4, -0.2) is 35.0 Å². The Morgan fingerprint density at radius 2 is 2.19 bits per heavy atom. The molecule has 1 saturated heterocycles. The molecule has 0 aromatic carbocycles. The number of nitrogens with zero attached hydrogens (tertiary/aromatic N) is 1. The molecule has 0 saturated carbocycles. The second-order valence-corrected chi connectivity index (χ2v) is 4.56. The number of carboxylic acid groups (broad SMARTS) is 1. The zero-order chi connectivity index (χ0) is 12.3. The lowest BCUT2D eigenvalue weighted by atomic mass is 9.76. The Labute approximate surface area is 95.6 Å². The van der Waals surface area contributed by atoms with Crippen molar-refractivity contribution >= 4 is 11.9 Å². The minimum Gasteiger partial charge on any atom is -0.481 e. The highest BCUT2D eigenvalue weighted by atomic mass is 16.4.